The van der Waals surface area contributed by atoms with E-state index in [1.807, 2.05) is 30.1 Å². The molecule has 0 amide bonds. The highest BCUT2D eigenvalue weighted by Gasteiger charge is 2.31. The van der Waals surface area contributed by atoms with Crippen LogP contribution < -0.4 is 9.64 Å². The predicted molar refractivity (Wildman–Crippen MR) is 122 cm³/mol. The molecular weight excluding hydrogens is 445 g/mol. The van der Waals surface area contributed by atoms with E-state index in [0.29, 0.717) is 24.6 Å². The Hall–Kier alpha value is -4.14. The molecule has 9 heteroatoms. The van der Waals surface area contributed by atoms with Gasteiger partial charge >= 0.3 is 6.18 Å². The number of nitrogens with zero attached hydrogens (tertiary/aromatic N) is 4. The lowest BCUT2D eigenvalue weighted by Crippen LogP contribution is -2.24. The topological polar surface area (TPSA) is 60.2 Å². The molecule has 0 saturated heterocycles. The van der Waals surface area contributed by atoms with Crippen molar-refractivity contribution in [1.82, 2.24) is 14.8 Å². The van der Waals surface area contributed by atoms with Gasteiger partial charge in [-0.1, -0.05) is 12.1 Å². The van der Waals surface area contributed by atoms with E-state index in [1.54, 1.807) is 36.5 Å². The van der Waals surface area contributed by atoms with Crippen molar-refractivity contribution >= 4 is 11.7 Å². The second-order valence-electron chi connectivity index (χ2n) is 7.51. The lowest BCUT2D eigenvalue weighted by atomic mass is 10.1. The molecule has 34 heavy (non-hydrogen) atoms. The fraction of sp³-hybridized carbons (Fsp3) is 0.160. The summed E-state index contributed by atoms with van der Waals surface area (Å²) < 4.78 is 45.6. The summed E-state index contributed by atoms with van der Waals surface area (Å²) >= 11 is 0. The van der Waals surface area contributed by atoms with Crippen LogP contribution >= 0.6 is 0 Å². The number of rotatable bonds is 7. The Morgan fingerprint density at radius 1 is 1.03 bits per heavy atom. The van der Waals surface area contributed by atoms with Crippen LogP contribution in [0.3, 0.4) is 0 Å². The van der Waals surface area contributed by atoms with Gasteiger partial charge in [-0.05, 0) is 60.7 Å². The number of benzene rings is 2. The third-order valence-electron chi connectivity index (χ3n) is 5.12. The average molecular weight is 466 g/mol. The highest BCUT2D eigenvalue weighted by atomic mass is 19.4. The normalized spacial score (nSPS) is 11.3. The van der Waals surface area contributed by atoms with Crippen LogP contribution in [0, 0.1) is 0 Å². The smallest absolute Gasteiger partial charge is 0.416 e. The SMILES string of the molecule is CN(CCOc1ccc(-c2ccn(C(=O)c3cccc(C(F)(F)F)c3)n2)cc1)c1ccccn1. The first kappa shape index (κ1) is 23.0. The molecule has 0 atom stereocenters. The van der Waals surface area contributed by atoms with Crippen LogP contribution in [0.5, 0.6) is 5.75 Å². The van der Waals surface area contributed by atoms with E-state index in [2.05, 4.69) is 10.1 Å². The van der Waals surface area contributed by atoms with Gasteiger partial charge in [0.1, 0.15) is 18.2 Å². The summed E-state index contributed by atoms with van der Waals surface area (Å²) in [5, 5.41) is 4.23. The van der Waals surface area contributed by atoms with Gasteiger partial charge in [0.05, 0.1) is 17.8 Å². The van der Waals surface area contributed by atoms with Gasteiger partial charge in [0.15, 0.2) is 0 Å². The Balaban J connectivity index is 1.38. The number of carbonyl (C=O) groups excluding carboxylic acids is 1. The molecule has 0 N–H and O–H groups in total. The van der Waals surface area contributed by atoms with Crippen molar-refractivity contribution in [2.45, 2.75) is 6.18 Å². The maximum atomic E-state index is 12.9. The van der Waals surface area contributed by atoms with Crippen LogP contribution in [0.25, 0.3) is 11.3 Å². The number of hydrogen-bond acceptors (Lipinski definition) is 5. The molecule has 0 radical (unpaired) electrons. The number of carbonyl (C=O) groups is 1. The van der Waals surface area contributed by atoms with Crippen molar-refractivity contribution in [1.29, 1.82) is 0 Å². The number of ether oxygens (including phenoxy) is 1. The minimum atomic E-state index is -4.52. The van der Waals surface area contributed by atoms with Gasteiger partial charge in [0, 0.05) is 30.6 Å². The van der Waals surface area contributed by atoms with E-state index in [9.17, 15) is 18.0 Å². The Morgan fingerprint density at radius 2 is 1.82 bits per heavy atom. The molecule has 0 fully saturated rings. The molecule has 2 aromatic carbocycles. The summed E-state index contributed by atoms with van der Waals surface area (Å²) in [6.07, 6.45) is -1.36. The van der Waals surface area contributed by atoms with Crippen LogP contribution in [0.1, 0.15) is 15.9 Å². The first-order valence-corrected chi connectivity index (χ1v) is 10.4. The molecule has 4 aromatic rings. The van der Waals surface area contributed by atoms with E-state index in [0.717, 1.165) is 28.2 Å². The molecule has 0 aliphatic rings. The summed E-state index contributed by atoms with van der Waals surface area (Å²) in [5.74, 6) is 0.892. The first-order chi connectivity index (χ1) is 16.3. The zero-order valence-electron chi connectivity index (χ0n) is 18.2. The highest BCUT2D eigenvalue weighted by Crippen LogP contribution is 2.30. The second-order valence-corrected chi connectivity index (χ2v) is 7.51. The Labute approximate surface area is 194 Å². The summed E-state index contributed by atoms with van der Waals surface area (Å²) in [7, 11) is 1.94. The maximum absolute atomic E-state index is 12.9. The van der Waals surface area contributed by atoms with Gasteiger partial charge in [-0.2, -0.15) is 18.3 Å². The molecule has 174 valence electrons. The number of aromatic nitrogens is 3. The number of anilines is 1. The molecule has 0 aliphatic heterocycles. The van der Waals surface area contributed by atoms with E-state index in [1.165, 1.54) is 18.3 Å². The maximum Gasteiger partial charge on any atom is 0.416 e. The zero-order chi connectivity index (χ0) is 24.1. The molecule has 0 spiro atoms. The van der Waals surface area contributed by atoms with Crippen LogP contribution in [-0.2, 0) is 6.18 Å². The van der Waals surface area contributed by atoms with E-state index < -0.39 is 17.6 Å². The zero-order valence-corrected chi connectivity index (χ0v) is 18.2. The minimum absolute atomic E-state index is 0.0936. The summed E-state index contributed by atoms with van der Waals surface area (Å²) in [5.41, 5.74) is 0.284. The second kappa shape index (κ2) is 9.78. The van der Waals surface area contributed by atoms with Crippen molar-refractivity contribution in [3.63, 3.8) is 0 Å². The van der Waals surface area contributed by atoms with Crippen molar-refractivity contribution in [2.75, 3.05) is 25.1 Å². The van der Waals surface area contributed by atoms with Gasteiger partial charge in [0.25, 0.3) is 5.91 Å². The van der Waals surface area contributed by atoms with Crippen molar-refractivity contribution < 1.29 is 22.7 Å². The highest BCUT2D eigenvalue weighted by molar-refractivity contribution is 5.95. The van der Waals surface area contributed by atoms with Gasteiger partial charge in [-0.25, -0.2) is 9.67 Å². The number of likely N-dealkylation sites (N-methyl/N-ethyl adjacent to an activating group) is 1. The third kappa shape index (κ3) is 5.43. The van der Waals surface area contributed by atoms with Crippen molar-refractivity contribution in [3.8, 4) is 17.0 Å². The van der Waals surface area contributed by atoms with E-state index in [-0.39, 0.29) is 5.56 Å². The van der Waals surface area contributed by atoms with Crippen LogP contribution in [0.2, 0.25) is 0 Å². The largest absolute Gasteiger partial charge is 0.492 e. The summed E-state index contributed by atoms with van der Waals surface area (Å²) in [6.45, 7) is 1.12. The number of pyridine rings is 1. The molecule has 0 aliphatic carbocycles. The lowest BCUT2D eigenvalue weighted by molar-refractivity contribution is -0.137. The Kier molecular flexibility index (Phi) is 6.62. The van der Waals surface area contributed by atoms with Crippen molar-refractivity contribution in [2.24, 2.45) is 0 Å². The van der Waals surface area contributed by atoms with E-state index >= 15 is 0 Å². The summed E-state index contributed by atoms with van der Waals surface area (Å²) in [4.78, 5) is 18.9. The van der Waals surface area contributed by atoms with Gasteiger partial charge in [-0.3, -0.25) is 4.79 Å². The summed E-state index contributed by atoms with van der Waals surface area (Å²) in [6, 6.07) is 18.8. The Bertz CT molecular complexity index is 1260. The van der Waals surface area contributed by atoms with Gasteiger partial charge in [0.2, 0.25) is 0 Å². The lowest BCUT2D eigenvalue weighted by Gasteiger charge is -2.18. The molecule has 0 bridgehead atoms. The molecule has 2 aromatic heterocycles. The molecule has 0 saturated carbocycles. The van der Waals surface area contributed by atoms with E-state index in [4.69, 9.17) is 4.74 Å². The standard InChI is InChI=1S/C25H21F3N4O2/c1-31(23-7-2-3-13-29-23)15-16-34-21-10-8-18(9-11-21)22-12-14-32(30-22)24(33)19-5-4-6-20(17-19)25(26,27)28/h2-14,17H,15-16H2,1H3. The fourth-order valence-electron chi connectivity index (χ4n) is 3.27. The van der Waals surface area contributed by atoms with Crippen LogP contribution in [0.15, 0.2) is 85.2 Å². The number of halogens is 3. The molecule has 2 heterocycles. The predicted octanol–water partition coefficient (Wildman–Crippen LogP) is 5.17. The number of hydrogen-bond donors (Lipinski definition) is 0. The van der Waals surface area contributed by atoms with Gasteiger partial charge in [-0.15, -0.1) is 0 Å². The molecule has 0 unspecified atom stereocenters. The molecule has 4 rings (SSSR count). The molecular formula is C25H21F3N4O2. The quantitative estimate of drug-likeness (QED) is 0.376. The van der Waals surface area contributed by atoms with Crippen LogP contribution in [0.4, 0.5) is 19.0 Å². The molecule has 6 nitrogen and oxygen atoms in total. The third-order valence-corrected chi connectivity index (χ3v) is 5.12. The van der Waals surface area contributed by atoms with Crippen LogP contribution in [-0.4, -0.2) is 40.9 Å². The monoisotopic (exact) mass is 466 g/mol. The van der Waals surface area contributed by atoms with Gasteiger partial charge < -0.3 is 9.64 Å². The first-order valence-electron chi connectivity index (χ1n) is 10.4. The Morgan fingerprint density at radius 3 is 2.53 bits per heavy atom. The average Bonchev–Trinajstić information content (AvgIpc) is 3.34. The van der Waals surface area contributed by atoms with Crippen molar-refractivity contribution in [3.05, 3.63) is 96.3 Å². The number of alkyl halides is 3. The fourth-order valence-corrected chi connectivity index (χ4v) is 3.27. The minimum Gasteiger partial charge on any atom is -0.492 e.